The number of nitrogens with zero attached hydrogens (tertiary/aromatic N) is 1. The number of methoxy groups -OCH3 is 1. The number of hydrogen-bond acceptors (Lipinski definition) is 4. The molecular formula is C24H28F2N4O3. The Labute approximate surface area is 190 Å². The second-order valence-electron chi connectivity index (χ2n) is 8.84. The fraction of sp³-hybridized carbons (Fsp3) is 0.417. The Hall–Kier alpha value is -3.20. The molecule has 0 spiro atoms. The van der Waals surface area contributed by atoms with Crippen molar-refractivity contribution in [3.63, 3.8) is 0 Å². The molecule has 1 unspecified atom stereocenters. The van der Waals surface area contributed by atoms with Gasteiger partial charge in [0, 0.05) is 12.5 Å². The van der Waals surface area contributed by atoms with Crippen molar-refractivity contribution in [2.75, 3.05) is 7.11 Å². The van der Waals surface area contributed by atoms with Gasteiger partial charge < -0.3 is 25.5 Å². The van der Waals surface area contributed by atoms with E-state index in [-0.39, 0.29) is 23.8 Å². The van der Waals surface area contributed by atoms with Gasteiger partial charge in [0.25, 0.3) is 0 Å². The van der Waals surface area contributed by atoms with Crippen LogP contribution in [0.3, 0.4) is 0 Å². The first-order chi connectivity index (χ1) is 15.8. The van der Waals surface area contributed by atoms with Gasteiger partial charge in [-0.3, -0.25) is 0 Å². The average molecular weight is 459 g/mol. The summed E-state index contributed by atoms with van der Waals surface area (Å²) in [5, 5.41) is 15.9. The number of urea groups is 1. The van der Waals surface area contributed by atoms with Crippen molar-refractivity contribution in [2.45, 2.75) is 56.7 Å². The van der Waals surface area contributed by atoms with E-state index >= 15 is 0 Å². The molecule has 0 bridgehead atoms. The number of ether oxygens (including phenoxy) is 1. The molecule has 1 fully saturated rings. The van der Waals surface area contributed by atoms with E-state index < -0.39 is 29.3 Å². The van der Waals surface area contributed by atoms with E-state index in [0.717, 1.165) is 5.52 Å². The van der Waals surface area contributed by atoms with Crippen molar-refractivity contribution in [2.24, 2.45) is 0 Å². The van der Waals surface area contributed by atoms with Gasteiger partial charge in [-0.2, -0.15) is 4.39 Å². The zero-order chi connectivity index (χ0) is 23.6. The number of aromatic amines is 1. The number of hydrogen-bond donors (Lipinski definition) is 4. The Bertz CT molecular complexity index is 1100. The fourth-order valence-electron chi connectivity index (χ4n) is 4.23. The van der Waals surface area contributed by atoms with Gasteiger partial charge >= 0.3 is 6.03 Å². The SMILES string of the molecule is COc1ccc(CC(NC(=O)N[C@H]2CC[C@@](C)(O)CC2)c2nc3ccccc3[nH]2)c(F)c1F. The largest absolute Gasteiger partial charge is 0.494 e. The highest BCUT2D eigenvalue weighted by Crippen LogP contribution is 2.29. The topological polar surface area (TPSA) is 99.3 Å². The van der Waals surface area contributed by atoms with E-state index in [1.54, 1.807) is 6.92 Å². The van der Waals surface area contributed by atoms with Gasteiger partial charge in [0.2, 0.25) is 5.82 Å². The van der Waals surface area contributed by atoms with E-state index in [0.29, 0.717) is 37.0 Å². The summed E-state index contributed by atoms with van der Waals surface area (Å²) in [6, 6.07) is 8.95. The number of carbonyl (C=O) groups excluding carboxylic acids is 1. The summed E-state index contributed by atoms with van der Waals surface area (Å²) in [6.07, 6.45) is 2.50. The smallest absolute Gasteiger partial charge is 0.315 e. The van der Waals surface area contributed by atoms with Crippen LogP contribution in [-0.4, -0.2) is 39.9 Å². The van der Waals surface area contributed by atoms with Crippen molar-refractivity contribution in [3.05, 3.63) is 59.4 Å². The molecule has 1 saturated carbocycles. The molecule has 3 aromatic rings. The predicted molar refractivity (Wildman–Crippen MR) is 120 cm³/mol. The van der Waals surface area contributed by atoms with Crippen LogP contribution >= 0.6 is 0 Å². The van der Waals surface area contributed by atoms with Crippen LogP contribution < -0.4 is 15.4 Å². The van der Waals surface area contributed by atoms with Crippen molar-refractivity contribution in [3.8, 4) is 5.75 Å². The zero-order valence-corrected chi connectivity index (χ0v) is 18.6. The quantitative estimate of drug-likeness (QED) is 0.446. The van der Waals surface area contributed by atoms with Crippen molar-refractivity contribution >= 4 is 17.1 Å². The molecule has 0 aliphatic heterocycles. The van der Waals surface area contributed by atoms with E-state index in [2.05, 4.69) is 20.6 Å². The number of halogens is 2. The molecule has 4 N–H and O–H groups in total. The molecule has 0 saturated heterocycles. The van der Waals surface area contributed by atoms with Crippen LogP contribution in [0.4, 0.5) is 13.6 Å². The molecular weight excluding hydrogens is 430 g/mol. The Morgan fingerprint density at radius 3 is 2.67 bits per heavy atom. The molecule has 1 atom stereocenters. The highest BCUT2D eigenvalue weighted by Gasteiger charge is 2.30. The number of carbonyl (C=O) groups is 1. The van der Waals surface area contributed by atoms with Crippen LogP contribution in [0.25, 0.3) is 11.0 Å². The number of benzene rings is 2. The highest BCUT2D eigenvalue weighted by molar-refractivity contribution is 5.76. The summed E-state index contributed by atoms with van der Waals surface area (Å²) < 4.78 is 33.8. The van der Waals surface area contributed by atoms with Crippen LogP contribution in [0.15, 0.2) is 36.4 Å². The standard InChI is InChI=1S/C24H28F2N4O3/c1-24(32)11-9-15(10-12-24)27-23(31)30-18(22-28-16-5-3-4-6-17(16)29-22)13-14-7-8-19(33-2)21(26)20(14)25/h3-8,15,18,32H,9-13H2,1-2H3,(H,28,29)(H2,27,30,31)/t15-,18?,24+. The predicted octanol–water partition coefficient (Wildman–Crippen LogP) is 4.13. The molecule has 7 nitrogen and oxygen atoms in total. The Kier molecular flexibility index (Phi) is 6.51. The van der Waals surface area contributed by atoms with Gasteiger partial charge in [0.15, 0.2) is 11.6 Å². The molecule has 2 aromatic carbocycles. The number of aromatic nitrogens is 2. The van der Waals surface area contributed by atoms with E-state index in [9.17, 15) is 18.7 Å². The minimum absolute atomic E-state index is 0.0145. The summed E-state index contributed by atoms with van der Waals surface area (Å²) in [5.41, 5.74) is 0.862. The molecule has 1 heterocycles. The number of amides is 2. The maximum absolute atomic E-state index is 14.7. The van der Waals surface area contributed by atoms with E-state index in [4.69, 9.17) is 4.74 Å². The number of fused-ring (bicyclic) bond motifs is 1. The third-order valence-corrected chi connectivity index (χ3v) is 6.21. The monoisotopic (exact) mass is 458 g/mol. The maximum atomic E-state index is 14.7. The lowest BCUT2D eigenvalue weighted by Crippen LogP contribution is -2.47. The Morgan fingerprint density at radius 2 is 1.97 bits per heavy atom. The first kappa shape index (κ1) is 23.0. The number of aliphatic hydroxyl groups is 1. The molecule has 33 heavy (non-hydrogen) atoms. The molecule has 1 aliphatic carbocycles. The molecule has 0 radical (unpaired) electrons. The molecule has 1 aliphatic rings. The highest BCUT2D eigenvalue weighted by atomic mass is 19.2. The third-order valence-electron chi connectivity index (χ3n) is 6.21. The lowest BCUT2D eigenvalue weighted by atomic mass is 9.84. The Balaban J connectivity index is 1.55. The summed E-state index contributed by atoms with van der Waals surface area (Å²) in [6.45, 7) is 1.80. The number of rotatable bonds is 6. The second kappa shape index (κ2) is 9.35. The summed E-state index contributed by atoms with van der Waals surface area (Å²) in [7, 11) is 1.27. The molecule has 2 amide bonds. The number of H-pyrrole nitrogens is 1. The van der Waals surface area contributed by atoms with Crippen LogP contribution in [0.5, 0.6) is 5.75 Å². The fourth-order valence-corrected chi connectivity index (χ4v) is 4.23. The van der Waals surface area contributed by atoms with E-state index in [1.807, 2.05) is 24.3 Å². The van der Waals surface area contributed by atoms with Crippen LogP contribution in [-0.2, 0) is 6.42 Å². The lowest BCUT2D eigenvalue weighted by molar-refractivity contribution is 0.0151. The summed E-state index contributed by atoms with van der Waals surface area (Å²) in [5.74, 6) is -1.84. The number of para-hydroxylation sites is 2. The number of nitrogens with one attached hydrogen (secondary N) is 3. The minimum Gasteiger partial charge on any atom is -0.494 e. The summed E-state index contributed by atoms with van der Waals surface area (Å²) in [4.78, 5) is 20.5. The van der Waals surface area contributed by atoms with Crippen molar-refractivity contribution < 1.29 is 23.4 Å². The van der Waals surface area contributed by atoms with Crippen LogP contribution in [0.1, 0.15) is 50.0 Å². The maximum Gasteiger partial charge on any atom is 0.315 e. The van der Waals surface area contributed by atoms with Crippen molar-refractivity contribution in [1.82, 2.24) is 20.6 Å². The summed E-state index contributed by atoms with van der Waals surface area (Å²) >= 11 is 0. The van der Waals surface area contributed by atoms with Gasteiger partial charge in [-0.15, -0.1) is 0 Å². The molecule has 1 aromatic heterocycles. The zero-order valence-electron chi connectivity index (χ0n) is 18.6. The van der Waals surface area contributed by atoms with Crippen molar-refractivity contribution in [1.29, 1.82) is 0 Å². The van der Waals surface area contributed by atoms with Gasteiger partial charge in [-0.25, -0.2) is 14.2 Å². The lowest BCUT2D eigenvalue weighted by Gasteiger charge is -2.33. The molecule has 9 heteroatoms. The van der Waals surface area contributed by atoms with Gasteiger partial charge in [-0.05, 0) is 56.4 Å². The van der Waals surface area contributed by atoms with Crippen LogP contribution in [0.2, 0.25) is 0 Å². The third kappa shape index (κ3) is 5.24. The average Bonchev–Trinajstić information content (AvgIpc) is 3.22. The number of imidazole rings is 1. The molecule has 4 rings (SSSR count). The minimum atomic E-state index is -1.07. The first-order valence-electron chi connectivity index (χ1n) is 11.0. The second-order valence-corrected chi connectivity index (χ2v) is 8.84. The van der Waals surface area contributed by atoms with E-state index in [1.165, 1.54) is 19.2 Å². The Morgan fingerprint density at radius 1 is 1.24 bits per heavy atom. The van der Waals surface area contributed by atoms with Crippen LogP contribution in [0, 0.1) is 11.6 Å². The molecule has 176 valence electrons. The van der Waals surface area contributed by atoms with Gasteiger partial charge in [-0.1, -0.05) is 18.2 Å². The first-order valence-corrected chi connectivity index (χ1v) is 11.0. The normalized spacial score (nSPS) is 21.5. The van der Waals surface area contributed by atoms with Gasteiger partial charge in [0.1, 0.15) is 5.82 Å². The van der Waals surface area contributed by atoms with Gasteiger partial charge in [0.05, 0.1) is 29.8 Å².